The Morgan fingerprint density at radius 1 is 0.980 bits per heavy atom. The molecule has 2 fully saturated rings. The van der Waals surface area contributed by atoms with Crippen LogP contribution in [0.4, 0.5) is 29.7 Å². The van der Waals surface area contributed by atoms with E-state index in [-0.39, 0.29) is 25.6 Å². The van der Waals surface area contributed by atoms with Crippen LogP contribution in [0, 0.1) is 25.7 Å². The minimum atomic E-state index is -4.48. The Morgan fingerprint density at radius 3 is 2.35 bits per heavy atom. The van der Waals surface area contributed by atoms with E-state index in [2.05, 4.69) is 44.7 Å². The number of benzene rings is 2. The summed E-state index contributed by atoms with van der Waals surface area (Å²) in [5, 5.41) is 16.8. The molecule has 0 saturated heterocycles. The highest BCUT2D eigenvalue weighted by molar-refractivity contribution is 5.84. The first-order chi connectivity index (χ1) is 23.2. The van der Waals surface area contributed by atoms with Crippen LogP contribution in [0.3, 0.4) is 0 Å². The average molecular weight is 679 g/mol. The van der Waals surface area contributed by atoms with Gasteiger partial charge >= 0.3 is 12.3 Å². The second-order valence-corrected chi connectivity index (χ2v) is 14.6. The second-order valence-electron chi connectivity index (χ2n) is 14.6. The minimum absolute atomic E-state index is 0.114. The van der Waals surface area contributed by atoms with Gasteiger partial charge < -0.3 is 19.9 Å². The summed E-state index contributed by atoms with van der Waals surface area (Å²) in [6, 6.07) is 12.4. The summed E-state index contributed by atoms with van der Waals surface area (Å²) in [6.45, 7) is 11.8. The molecule has 1 amide bonds. The largest absolute Gasteiger partial charge is 0.444 e. The van der Waals surface area contributed by atoms with Gasteiger partial charge in [-0.1, -0.05) is 34.9 Å². The molecule has 6 rings (SSSR count). The lowest BCUT2D eigenvalue weighted by molar-refractivity contribution is -0.137. The maximum atomic E-state index is 13.9. The Labute approximate surface area is 285 Å². The Kier molecular flexibility index (Phi) is 9.72. The molecule has 4 aromatic rings. The molecule has 0 bridgehead atoms. The summed E-state index contributed by atoms with van der Waals surface area (Å²) < 4.78 is 46.9. The van der Waals surface area contributed by atoms with Crippen molar-refractivity contribution in [3.63, 3.8) is 0 Å². The van der Waals surface area contributed by atoms with Crippen molar-refractivity contribution in [1.29, 1.82) is 0 Å². The molecule has 2 aromatic heterocycles. The fourth-order valence-electron chi connectivity index (χ4n) is 6.01. The fourth-order valence-corrected chi connectivity index (χ4v) is 6.01. The molecular weight excluding hydrogens is 633 g/mol. The van der Waals surface area contributed by atoms with Crippen molar-refractivity contribution in [3.05, 3.63) is 70.3 Å². The third kappa shape index (κ3) is 9.39. The molecule has 49 heavy (non-hydrogen) atoms. The van der Waals surface area contributed by atoms with E-state index in [0.717, 1.165) is 47.0 Å². The van der Waals surface area contributed by atoms with Gasteiger partial charge in [0, 0.05) is 43.7 Å². The van der Waals surface area contributed by atoms with Gasteiger partial charge in [-0.25, -0.2) is 9.78 Å². The number of tetrazole rings is 1. The maximum absolute atomic E-state index is 13.9. The quantitative estimate of drug-likeness (QED) is 0.158. The van der Waals surface area contributed by atoms with Gasteiger partial charge in [0.15, 0.2) is 0 Å². The number of carbonyl (C=O) groups is 1. The summed E-state index contributed by atoms with van der Waals surface area (Å²) in [5.41, 5.74) is 2.64. The van der Waals surface area contributed by atoms with Crippen molar-refractivity contribution < 1.29 is 22.7 Å². The van der Waals surface area contributed by atoms with Crippen LogP contribution in [0.5, 0.6) is 0 Å². The minimum Gasteiger partial charge on any atom is -0.444 e. The first-order valence-electron chi connectivity index (χ1n) is 17.0. The molecule has 2 aromatic carbocycles. The zero-order chi connectivity index (χ0) is 34.9. The Hall–Kier alpha value is -4.42. The standard InChI is InChI=1S/C36H45F3N8O2/c1-23-15-27(17-30(16-23)36(37,38)39)21-46(33-42-44-47(43-33)14-13-40-34(48)49-35(3,4)5)22-29-18-28-8-6-7-24(2)31(28)41-32(29)45(19-25-9-10-25)20-26-11-12-26/h6-8,15-18,25-26H,9-14,19-22H2,1-5H3,(H,40,48). The van der Waals surface area contributed by atoms with Crippen LogP contribution >= 0.6 is 0 Å². The Morgan fingerprint density at radius 2 is 1.69 bits per heavy atom. The van der Waals surface area contributed by atoms with Crippen LogP contribution in [-0.4, -0.2) is 56.5 Å². The number of hydrogen-bond acceptors (Lipinski definition) is 8. The van der Waals surface area contributed by atoms with E-state index < -0.39 is 23.4 Å². The Balaban J connectivity index is 1.34. The molecule has 13 heteroatoms. The van der Waals surface area contributed by atoms with Gasteiger partial charge in [-0.3, -0.25) is 0 Å². The van der Waals surface area contributed by atoms with Gasteiger partial charge in [-0.2, -0.15) is 18.0 Å². The predicted molar refractivity (Wildman–Crippen MR) is 182 cm³/mol. The molecule has 10 nitrogen and oxygen atoms in total. The van der Waals surface area contributed by atoms with Crippen molar-refractivity contribution in [1.82, 2.24) is 30.5 Å². The lowest BCUT2D eigenvalue weighted by atomic mass is 10.0. The fraction of sp³-hybridized carbons (Fsp3) is 0.528. The number of anilines is 2. The maximum Gasteiger partial charge on any atom is 0.416 e. The number of nitrogens with zero attached hydrogens (tertiary/aromatic N) is 7. The number of alkyl halides is 3. The summed E-state index contributed by atoms with van der Waals surface area (Å²) in [6.07, 6.45) is -0.198. The monoisotopic (exact) mass is 678 g/mol. The van der Waals surface area contributed by atoms with Crippen molar-refractivity contribution in [3.8, 4) is 0 Å². The lowest BCUT2D eigenvalue weighted by Crippen LogP contribution is -2.34. The third-order valence-electron chi connectivity index (χ3n) is 8.66. The van der Waals surface area contributed by atoms with Crippen molar-refractivity contribution in [2.45, 2.75) is 91.7 Å². The van der Waals surface area contributed by atoms with Gasteiger partial charge in [0.05, 0.1) is 17.6 Å². The number of nitrogens with one attached hydrogen (secondary N) is 1. The molecule has 0 atom stereocenters. The molecule has 0 unspecified atom stereocenters. The molecule has 2 aliphatic rings. The van der Waals surface area contributed by atoms with Crippen LogP contribution in [-0.2, 0) is 30.5 Å². The number of amides is 1. The van der Waals surface area contributed by atoms with E-state index in [1.165, 1.54) is 36.5 Å². The topological polar surface area (TPSA) is 101 Å². The number of carbonyl (C=O) groups excluding carboxylic acids is 1. The van der Waals surface area contributed by atoms with E-state index in [9.17, 15) is 18.0 Å². The number of para-hydroxylation sites is 1. The van der Waals surface area contributed by atoms with Crippen LogP contribution in [0.1, 0.15) is 74.3 Å². The zero-order valence-electron chi connectivity index (χ0n) is 28.8. The van der Waals surface area contributed by atoms with E-state index in [1.54, 1.807) is 33.8 Å². The number of aryl methyl sites for hydroxylation is 2. The van der Waals surface area contributed by atoms with Crippen LogP contribution in [0.15, 0.2) is 42.5 Å². The van der Waals surface area contributed by atoms with Gasteiger partial charge in [-0.05, 0) is 107 Å². The third-order valence-corrected chi connectivity index (χ3v) is 8.66. The SMILES string of the molecule is Cc1cc(CN(Cc2cc3cccc(C)c3nc2N(CC2CC2)CC2CC2)c2nnn(CCNC(=O)OC(C)(C)C)n2)cc(C(F)(F)F)c1. The Bertz CT molecular complexity index is 1780. The van der Waals surface area contributed by atoms with Crippen LogP contribution in [0.25, 0.3) is 10.9 Å². The van der Waals surface area contributed by atoms with Crippen LogP contribution in [0.2, 0.25) is 0 Å². The van der Waals surface area contributed by atoms with E-state index in [4.69, 9.17) is 9.72 Å². The zero-order valence-corrected chi connectivity index (χ0v) is 28.8. The van der Waals surface area contributed by atoms with E-state index >= 15 is 0 Å². The lowest BCUT2D eigenvalue weighted by Gasteiger charge is -2.29. The highest BCUT2D eigenvalue weighted by atomic mass is 19.4. The summed E-state index contributed by atoms with van der Waals surface area (Å²) in [4.78, 5) is 23.1. The van der Waals surface area contributed by atoms with Gasteiger partial charge in [0.2, 0.25) is 0 Å². The molecule has 0 spiro atoms. The molecule has 1 N–H and O–H groups in total. The number of rotatable bonds is 13. The number of fused-ring (bicyclic) bond motifs is 1. The number of aromatic nitrogens is 5. The summed E-state index contributed by atoms with van der Waals surface area (Å²) in [5.74, 6) is 2.44. The van der Waals surface area contributed by atoms with E-state index in [0.29, 0.717) is 29.5 Å². The van der Waals surface area contributed by atoms with Gasteiger partial charge in [0.1, 0.15) is 11.4 Å². The highest BCUT2D eigenvalue weighted by Gasteiger charge is 2.33. The van der Waals surface area contributed by atoms with Crippen LogP contribution < -0.4 is 15.1 Å². The molecule has 2 aliphatic carbocycles. The first kappa shape index (κ1) is 34.4. The first-order valence-corrected chi connectivity index (χ1v) is 17.0. The second kappa shape index (κ2) is 13.8. The van der Waals surface area contributed by atoms with Crippen molar-refractivity contribution >= 4 is 28.8 Å². The summed E-state index contributed by atoms with van der Waals surface area (Å²) in [7, 11) is 0. The highest BCUT2D eigenvalue weighted by Crippen LogP contribution is 2.38. The normalized spacial score (nSPS) is 15.0. The number of halogens is 3. The van der Waals surface area contributed by atoms with Gasteiger partial charge in [0.25, 0.3) is 5.95 Å². The van der Waals surface area contributed by atoms with E-state index in [1.807, 2.05) is 17.0 Å². The molecule has 0 aliphatic heterocycles. The van der Waals surface area contributed by atoms with Crippen molar-refractivity contribution in [2.24, 2.45) is 11.8 Å². The molecule has 262 valence electrons. The molecular formula is C36H45F3N8O2. The molecule has 0 radical (unpaired) electrons. The van der Waals surface area contributed by atoms with Crippen molar-refractivity contribution in [2.75, 3.05) is 29.4 Å². The number of ether oxygens (including phenoxy) is 1. The number of pyridine rings is 1. The summed E-state index contributed by atoms with van der Waals surface area (Å²) >= 11 is 0. The number of alkyl carbamates (subject to hydrolysis) is 1. The molecule has 2 heterocycles. The molecule has 2 saturated carbocycles. The van der Waals surface area contributed by atoms with Gasteiger partial charge in [-0.15, -0.1) is 5.10 Å². The predicted octanol–water partition coefficient (Wildman–Crippen LogP) is 7.21. The average Bonchev–Trinajstić information content (AvgIpc) is 3.95. The smallest absolute Gasteiger partial charge is 0.416 e. The number of hydrogen-bond donors (Lipinski definition) is 1.